The maximum absolute atomic E-state index is 14.3. The lowest BCUT2D eigenvalue weighted by Crippen LogP contribution is -2.33. The van der Waals surface area contributed by atoms with Crippen LogP contribution < -0.4 is 0 Å². The number of pyridine rings is 1. The first-order chi connectivity index (χ1) is 14.6. The van der Waals surface area contributed by atoms with Gasteiger partial charge in [-0.1, -0.05) is 24.3 Å². The number of fused-ring (bicyclic) bond motifs is 1. The minimum atomic E-state index is -4.74. The zero-order valence-corrected chi connectivity index (χ0v) is 16.7. The molecule has 0 aliphatic rings. The van der Waals surface area contributed by atoms with Crippen LogP contribution in [0.3, 0.4) is 0 Å². The Kier molecular flexibility index (Phi) is 6.24. The van der Waals surface area contributed by atoms with E-state index in [0.29, 0.717) is 0 Å². The topological polar surface area (TPSA) is 59.5 Å². The number of hydrogen-bond acceptors (Lipinski definition) is 4. The predicted octanol–water partition coefficient (Wildman–Crippen LogP) is 4.69. The van der Waals surface area contributed by atoms with Crippen LogP contribution in [0.15, 0.2) is 48.5 Å². The molecule has 1 amide bonds. The number of ether oxygens (including phenoxy) is 1. The largest absolute Gasteiger partial charge is 0.465 e. The van der Waals surface area contributed by atoms with Crippen molar-refractivity contribution in [3.63, 3.8) is 0 Å². The number of aromatic nitrogens is 1. The SMILES string of the molecule is CCOC(=O)CN(C)C(=O)c1cc(-c2ccccc2F)nc2c(C(F)(F)F)cccc12. The molecule has 0 aliphatic carbocycles. The van der Waals surface area contributed by atoms with Crippen LogP contribution >= 0.6 is 0 Å². The van der Waals surface area contributed by atoms with E-state index in [4.69, 9.17) is 4.74 Å². The monoisotopic (exact) mass is 434 g/mol. The summed E-state index contributed by atoms with van der Waals surface area (Å²) >= 11 is 0. The van der Waals surface area contributed by atoms with E-state index < -0.39 is 41.5 Å². The summed E-state index contributed by atoms with van der Waals surface area (Å²) in [5, 5.41) is -0.0596. The number of benzene rings is 2. The molecule has 3 aromatic rings. The minimum Gasteiger partial charge on any atom is -0.465 e. The average Bonchev–Trinajstić information content (AvgIpc) is 2.71. The van der Waals surface area contributed by atoms with Crippen molar-refractivity contribution in [3.05, 3.63) is 65.5 Å². The third kappa shape index (κ3) is 4.65. The number of likely N-dealkylation sites (N-methyl/N-ethyl adjacent to an activating group) is 1. The molecule has 9 heteroatoms. The Bertz CT molecular complexity index is 1150. The van der Waals surface area contributed by atoms with E-state index in [0.717, 1.165) is 23.1 Å². The highest BCUT2D eigenvalue weighted by Crippen LogP contribution is 2.36. The summed E-state index contributed by atoms with van der Waals surface area (Å²) in [6.45, 7) is 1.32. The van der Waals surface area contributed by atoms with Crippen LogP contribution in [0.1, 0.15) is 22.8 Å². The lowest BCUT2D eigenvalue weighted by molar-refractivity contribution is -0.143. The molecule has 0 atom stereocenters. The molecule has 0 saturated heterocycles. The Hall–Kier alpha value is -3.49. The number of nitrogens with zero attached hydrogens (tertiary/aromatic N) is 2. The van der Waals surface area contributed by atoms with Crippen molar-refractivity contribution >= 4 is 22.8 Å². The van der Waals surface area contributed by atoms with Gasteiger partial charge in [0.05, 0.1) is 28.9 Å². The number of esters is 1. The summed E-state index contributed by atoms with van der Waals surface area (Å²) in [5.41, 5.74) is -1.85. The Morgan fingerprint density at radius 2 is 1.81 bits per heavy atom. The Balaban J connectivity index is 2.23. The van der Waals surface area contributed by atoms with E-state index in [9.17, 15) is 27.2 Å². The van der Waals surface area contributed by atoms with Crippen molar-refractivity contribution in [3.8, 4) is 11.3 Å². The summed E-state index contributed by atoms with van der Waals surface area (Å²) in [5.74, 6) is -2.09. The molecule has 0 fully saturated rings. The van der Waals surface area contributed by atoms with Crippen LogP contribution in [0.25, 0.3) is 22.2 Å². The van der Waals surface area contributed by atoms with Gasteiger partial charge in [0.2, 0.25) is 0 Å². The van der Waals surface area contributed by atoms with Crippen molar-refractivity contribution in [1.29, 1.82) is 0 Å². The molecule has 0 radical (unpaired) electrons. The molecule has 162 valence electrons. The third-order valence-corrected chi connectivity index (χ3v) is 4.54. The molecule has 1 aromatic heterocycles. The van der Waals surface area contributed by atoms with Gasteiger partial charge in [-0.2, -0.15) is 13.2 Å². The maximum Gasteiger partial charge on any atom is 0.418 e. The second-order valence-electron chi connectivity index (χ2n) is 6.70. The summed E-state index contributed by atoms with van der Waals surface area (Å²) in [4.78, 5) is 29.9. The normalized spacial score (nSPS) is 11.4. The molecule has 0 unspecified atom stereocenters. The first kappa shape index (κ1) is 22.2. The average molecular weight is 434 g/mol. The number of amides is 1. The van der Waals surface area contributed by atoms with Gasteiger partial charge in [0, 0.05) is 18.0 Å². The van der Waals surface area contributed by atoms with Crippen molar-refractivity contribution in [2.24, 2.45) is 0 Å². The van der Waals surface area contributed by atoms with E-state index >= 15 is 0 Å². The molecule has 1 heterocycles. The highest BCUT2D eigenvalue weighted by Gasteiger charge is 2.34. The molecule has 31 heavy (non-hydrogen) atoms. The fraction of sp³-hybridized carbons (Fsp3) is 0.227. The van der Waals surface area contributed by atoms with Gasteiger partial charge >= 0.3 is 12.1 Å². The standard InChI is InChI=1S/C22H18F4N2O3/c1-3-31-19(29)12-28(2)21(30)15-11-18(14-7-4-5-10-17(14)23)27-20-13(15)8-6-9-16(20)22(24,25)26/h4-11H,3,12H2,1-2H3. The van der Waals surface area contributed by atoms with E-state index in [1.807, 2.05) is 0 Å². The van der Waals surface area contributed by atoms with Gasteiger partial charge in [0.15, 0.2) is 0 Å². The molecule has 2 aromatic carbocycles. The lowest BCUT2D eigenvalue weighted by atomic mass is 10.00. The summed E-state index contributed by atoms with van der Waals surface area (Å²) in [6, 6.07) is 10.0. The molecule has 0 bridgehead atoms. The fourth-order valence-corrected chi connectivity index (χ4v) is 3.14. The Labute approximate surface area is 175 Å². The number of alkyl halides is 3. The van der Waals surface area contributed by atoms with E-state index in [2.05, 4.69) is 4.98 Å². The van der Waals surface area contributed by atoms with E-state index in [1.165, 1.54) is 37.4 Å². The fourth-order valence-electron chi connectivity index (χ4n) is 3.14. The molecule has 3 rings (SSSR count). The lowest BCUT2D eigenvalue weighted by Gasteiger charge is -2.19. The number of carbonyl (C=O) groups is 2. The van der Waals surface area contributed by atoms with E-state index in [1.54, 1.807) is 6.92 Å². The van der Waals surface area contributed by atoms with Gasteiger partial charge in [-0.3, -0.25) is 9.59 Å². The van der Waals surface area contributed by atoms with E-state index in [-0.39, 0.29) is 28.8 Å². The Morgan fingerprint density at radius 1 is 1.10 bits per heavy atom. The first-order valence-corrected chi connectivity index (χ1v) is 9.30. The first-order valence-electron chi connectivity index (χ1n) is 9.30. The van der Waals surface area contributed by atoms with Crippen molar-refractivity contribution in [1.82, 2.24) is 9.88 Å². The smallest absolute Gasteiger partial charge is 0.418 e. The molecule has 0 saturated carbocycles. The van der Waals surface area contributed by atoms with Gasteiger partial charge in [-0.05, 0) is 31.2 Å². The van der Waals surface area contributed by atoms with Crippen LogP contribution in [0.4, 0.5) is 17.6 Å². The molecular weight excluding hydrogens is 416 g/mol. The maximum atomic E-state index is 14.3. The zero-order valence-electron chi connectivity index (χ0n) is 16.7. The number of carbonyl (C=O) groups excluding carboxylic acids is 2. The summed E-state index contributed by atoms with van der Waals surface area (Å²) in [7, 11) is 1.32. The molecule has 0 N–H and O–H groups in total. The van der Waals surface area contributed by atoms with Crippen molar-refractivity contribution in [2.75, 3.05) is 20.2 Å². The van der Waals surface area contributed by atoms with Crippen LogP contribution in [0, 0.1) is 5.82 Å². The van der Waals surface area contributed by atoms with Crippen molar-refractivity contribution in [2.45, 2.75) is 13.1 Å². The van der Waals surface area contributed by atoms with Crippen LogP contribution in [0.2, 0.25) is 0 Å². The second kappa shape index (κ2) is 8.71. The number of halogens is 4. The highest BCUT2D eigenvalue weighted by molar-refractivity contribution is 6.08. The molecule has 0 spiro atoms. The van der Waals surface area contributed by atoms with Gasteiger partial charge in [-0.15, -0.1) is 0 Å². The number of hydrogen-bond donors (Lipinski definition) is 0. The number of rotatable bonds is 5. The van der Waals surface area contributed by atoms with Gasteiger partial charge in [0.1, 0.15) is 12.4 Å². The minimum absolute atomic E-state index is 0.0523. The second-order valence-corrected chi connectivity index (χ2v) is 6.70. The van der Waals surface area contributed by atoms with Gasteiger partial charge in [0.25, 0.3) is 5.91 Å². The quantitative estimate of drug-likeness (QED) is 0.432. The van der Waals surface area contributed by atoms with Crippen LogP contribution in [0.5, 0.6) is 0 Å². The van der Waals surface area contributed by atoms with Gasteiger partial charge < -0.3 is 9.64 Å². The van der Waals surface area contributed by atoms with Crippen molar-refractivity contribution < 1.29 is 31.9 Å². The highest BCUT2D eigenvalue weighted by atomic mass is 19.4. The zero-order chi connectivity index (χ0) is 22.8. The van der Waals surface area contributed by atoms with Gasteiger partial charge in [-0.25, -0.2) is 9.37 Å². The Morgan fingerprint density at radius 3 is 2.45 bits per heavy atom. The third-order valence-electron chi connectivity index (χ3n) is 4.54. The molecular formula is C22H18F4N2O3. The summed E-state index contributed by atoms with van der Waals surface area (Å²) in [6.07, 6.45) is -4.74. The summed E-state index contributed by atoms with van der Waals surface area (Å²) < 4.78 is 60.0. The predicted molar refractivity (Wildman–Crippen MR) is 106 cm³/mol. The van der Waals surface area contributed by atoms with Crippen LogP contribution in [-0.2, 0) is 15.7 Å². The number of para-hydroxylation sites is 1. The molecule has 5 nitrogen and oxygen atoms in total. The van der Waals surface area contributed by atoms with Crippen LogP contribution in [-0.4, -0.2) is 42.0 Å². The molecule has 0 aliphatic heterocycles.